The molecule has 1 amide bonds. The van der Waals surface area contributed by atoms with Gasteiger partial charge in [0, 0.05) is 40.9 Å². The number of carbonyl (C=O) groups is 2. The highest BCUT2D eigenvalue weighted by molar-refractivity contribution is 5.98. The van der Waals surface area contributed by atoms with Gasteiger partial charge in [0.2, 0.25) is 5.91 Å². The summed E-state index contributed by atoms with van der Waals surface area (Å²) in [7, 11) is 0. The molecular formula is C28H27N3O3. The highest BCUT2D eigenvalue weighted by atomic mass is 16.5. The van der Waals surface area contributed by atoms with E-state index in [9.17, 15) is 9.59 Å². The van der Waals surface area contributed by atoms with E-state index < -0.39 is 55.7 Å². The van der Waals surface area contributed by atoms with Crippen molar-refractivity contribution in [1.29, 1.82) is 0 Å². The summed E-state index contributed by atoms with van der Waals surface area (Å²) < 4.78 is 83.6. The number of carbonyl (C=O) groups excluding carboxylic acids is 2. The number of pyridine rings is 1. The van der Waals surface area contributed by atoms with E-state index in [0.717, 1.165) is 29.0 Å². The van der Waals surface area contributed by atoms with Gasteiger partial charge in [-0.1, -0.05) is 48.0 Å². The fraction of sp³-hybridized carbons (Fsp3) is 0.179. The summed E-state index contributed by atoms with van der Waals surface area (Å²) in [6.07, 6.45) is 3.25. The SMILES string of the molecule is [2H]C([2H])([2H])c1ccc(C(=O)OC([2H])([2H])c2ccc([C@H](C(=O)Nc3ccc4cnccc4c3)C([2H])([2H])N)cc2)c(C([2H])([2H])[2H])c1. The number of aromatic nitrogens is 1. The quantitative estimate of drug-likeness (QED) is 0.381. The maximum absolute atomic E-state index is 13.2. The molecule has 3 aromatic carbocycles. The van der Waals surface area contributed by atoms with Gasteiger partial charge in [-0.2, -0.15) is 0 Å². The molecule has 0 radical (unpaired) electrons. The zero-order valence-corrected chi connectivity index (χ0v) is 17.8. The van der Waals surface area contributed by atoms with Crippen LogP contribution in [0.4, 0.5) is 5.69 Å². The summed E-state index contributed by atoms with van der Waals surface area (Å²) in [6.45, 7) is -10.9. The number of fused-ring (bicyclic) bond motifs is 1. The molecule has 6 nitrogen and oxygen atoms in total. The monoisotopic (exact) mass is 463 g/mol. The van der Waals surface area contributed by atoms with Crippen molar-refractivity contribution in [3.63, 3.8) is 0 Å². The van der Waals surface area contributed by atoms with Gasteiger partial charge in [-0.25, -0.2) is 4.79 Å². The molecule has 0 saturated heterocycles. The first-order valence-electron chi connectivity index (χ1n) is 15.2. The second kappa shape index (κ2) is 10.3. The first-order chi connectivity index (χ1) is 20.3. The Kier molecular flexibility index (Phi) is 4.12. The van der Waals surface area contributed by atoms with E-state index in [4.69, 9.17) is 24.2 Å². The topological polar surface area (TPSA) is 94.3 Å². The average Bonchev–Trinajstić information content (AvgIpc) is 2.91. The van der Waals surface area contributed by atoms with Crippen LogP contribution < -0.4 is 11.1 Å². The molecule has 0 fully saturated rings. The van der Waals surface area contributed by atoms with Crippen molar-refractivity contribution in [1.82, 2.24) is 4.98 Å². The molecule has 0 saturated carbocycles. The highest BCUT2D eigenvalue weighted by Crippen LogP contribution is 2.22. The van der Waals surface area contributed by atoms with Crippen molar-refractivity contribution in [2.75, 3.05) is 11.8 Å². The predicted octanol–water partition coefficient (Wildman–Crippen LogP) is 4.89. The van der Waals surface area contributed by atoms with Gasteiger partial charge in [-0.05, 0) is 60.0 Å². The Morgan fingerprint density at radius 2 is 1.91 bits per heavy atom. The highest BCUT2D eigenvalue weighted by Gasteiger charge is 2.19. The molecular weight excluding hydrogens is 426 g/mol. The number of hydrogen-bond donors (Lipinski definition) is 2. The number of nitrogens with one attached hydrogen (secondary N) is 1. The third kappa shape index (κ3) is 5.30. The number of benzene rings is 3. The molecule has 1 aromatic heterocycles. The summed E-state index contributed by atoms with van der Waals surface area (Å²) in [4.78, 5) is 30.2. The fourth-order valence-electron chi connectivity index (χ4n) is 3.32. The minimum Gasteiger partial charge on any atom is -0.457 e. The number of aryl methyl sites for hydroxylation is 2. The van der Waals surface area contributed by atoms with Crippen molar-refractivity contribution >= 4 is 28.3 Å². The van der Waals surface area contributed by atoms with Crippen molar-refractivity contribution in [3.8, 4) is 0 Å². The average molecular weight is 464 g/mol. The molecule has 0 bridgehead atoms. The molecule has 34 heavy (non-hydrogen) atoms. The summed E-state index contributed by atoms with van der Waals surface area (Å²) in [5, 5.41) is 4.29. The van der Waals surface area contributed by atoms with Gasteiger partial charge in [0.05, 0.1) is 14.2 Å². The van der Waals surface area contributed by atoms with Crippen LogP contribution in [0, 0.1) is 13.7 Å². The molecule has 1 heterocycles. The maximum Gasteiger partial charge on any atom is 0.338 e. The van der Waals surface area contributed by atoms with Crippen LogP contribution in [0.5, 0.6) is 0 Å². The van der Waals surface area contributed by atoms with Crippen LogP contribution in [0.1, 0.15) is 52.2 Å². The lowest BCUT2D eigenvalue weighted by molar-refractivity contribution is -0.117. The zero-order chi connectivity index (χ0) is 32.7. The minimum absolute atomic E-state index is 0.107. The summed E-state index contributed by atoms with van der Waals surface area (Å²) in [5.41, 5.74) is 4.59. The van der Waals surface area contributed by atoms with Crippen LogP contribution in [0.15, 0.2) is 79.1 Å². The number of esters is 1. The number of anilines is 1. The second-order valence-electron chi connectivity index (χ2n) is 7.40. The predicted molar refractivity (Wildman–Crippen MR) is 134 cm³/mol. The number of ether oxygens (including phenoxy) is 1. The molecule has 0 spiro atoms. The number of nitrogens with two attached hydrogens (primary N) is 1. The van der Waals surface area contributed by atoms with Crippen molar-refractivity contribution in [2.24, 2.45) is 5.73 Å². The van der Waals surface area contributed by atoms with Gasteiger partial charge >= 0.3 is 5.97 Å². The molecule has 0 aliphatic heterocycles. The molecule has 3 N–H and O–H groups in total. The minimum atomic E-state index is -2.90. The Morgan fingerprint density at radius 1 is 1.06 bits per heavy atom. The van der Waals surface area contributed by atoms with E-state index in [-0.39, 0.29) is 16.7 Å². The second-order valence-corrected chi connectivity index (χ2v) is 7.40. The van der Waals surface area contributed by atoms with Crippen LogP contribution >= 0.6 is 0 Å². The normalized spacial score (nSPS) is 17.7. The van der Waals surface area contributed by atoms with Gasteiger partial charge < -0.3 is 15.8 Å². The number of hydrogen-bond acceptors (Lipinski definition) is 5. The van der Waals surface area contributed by atoms with Crippen LogP contribution in [-0.2, 0) is 16.1 Å². The summed E-state index contributed by atoms with van der Waals surface area (Å²) in [5.74, 6) is -3.62. The van der Waals surface area contributed by atoms with E-state index >= 15 is 0 Å². The Bertz CT molecular complexity index is 1700. The van der Waals surface area contributed by atoms with E-state index in [1.54, 1.807) is 36.7 Å². The third-order valence-corrected chi connectivity index (χ3v) is 5.08. The van der Waals surface area contributed by atoms with Crippen LogP contribution in [0.3, 0.4) is 0 Å². The number of nitrogens with zero attached hydrogens (tertiary/aromatic N) is 1. The first-order valence-corrected chi connectivity index (χ1v) is 10.2. The van der Waals surface area contributed by atoms with Crippen LogP contribution in [-0.4, -0.2) is 23.4 Å². The molecule has 172 valence electrons. The largest absolute Gasteiger partial charge is 0.457 e. The number of amides is 1. The molecule has 4 aromatic rings. The van der Waals surface area contributed by atoms with E-state index in [2.05, 4.69) is 10.3 Å². The Morgan fingerprint density at radius 3 is 2.68 bits per heavy atom. The molecule has 1 atom stereocenters. The third-order valence-electron chi connectivity index (χ3n) is 5.08. The van der Waals surface area contributed by atoms with E-state index in [1.807, 2.05) is 0 Å². The van der Waals surface area contributed by atoms with Gasteiger partial charge in [0.25, 0.3) is 0 Å². The maximum atomic E-state index is 13.2. The fourth-order valence-corrected chi connectivity index (χ4v) is 3.32. The van der Waals surface area contributed by atoms with Crippen molar-refractivity contribution < 1.29 is 28.0 Å². The number of rotatable bonds is 7. The molecule has 6 heteroatoms. The molecule has 0 aliphatic carbocycles. The van der Waals surface area contributed by atoms with Gasteiger partial charge in [0.1, 0.15) is 6.56 Å². The lowest BCUT2D eigenvalue weighted by Gasteiger charge is -2.16. The lowest BCUT2D eigenvalue weighted by atomic mass is 9.97. The van der Waals surface area contributed by atoms with E-state index in [0.29, 0.717) is 5.69 Å². The summed E-state index contributed by atoms with van der Waals surface area (Å²) in [6, 6.07) is 14.6. The van der Waals surface area contributed by atoms with Crippen LogP contribution in [0.25, 0.3) is 10.8 Å². The van der Waals surface area contributed by atoms with Crippen LogP contribution in [0.2, 0.25) is 0 Å². The molecule has 4 rings (SSSR count). The zero-order valence-electron chi connectivity index (χ0n) is 27.8. The van der Waals surface area contributed by atoms with Crippen molar-refractivity contribution in [2.45, 2.75) is 26.2 Å². The van der Waals surface area contributed by atoms with Gasteiger partial charge in [-0.15, -0.1) is 0 Å². The summed E-state index contributed by atoms with van der Waals surface area (Å²) >= 11 is 0. The van der Waals surface area contributed by atoms with Gasteiger partial charge in [-0.3, -0.25) is 9.78 Å². The Balaban J connectivity index is 1.57. The lowest BCUT2D eigenvalue weighted by Crippen LogP contribution is -2.27. The Labute approximate surface area is 212 Å². The van der Waals surface area contributed by atoms with E-state index in [1.165, 1.54) is 24.3 Å². The smallest absolute Gasteiger partial charge is 0.338 e. The molecule has 0 aliphatic rings. The molecule has 0 unspecified atom stereocenters. The Hall–Kier alpha value is -4.03. The van der Waals surface area contributed by atoms with Crippen molar-refractivity contribution in [3.05, 3.63) is 107 Å². The first kappa shape index (κ1) is 13.6. The van der Waals surface area contributed by atoms with Gasteiger partial charge in [0.15, 0.2) is 0 Å². The standard InChI is InChI=1S/C28H27N3O3/c1-18-3-10-25(19(2)13-18)28(33)34-17-20-4-6-21(7-5-20)26(15-29)27(32)31-24-9-8-23-16-30-12-11-22(23)14-24/h3-14,16,26H,15,17,29H2,1-2H3,(H,31,32)/t26-/m1/s1/i1D3,2D3,15D2,17D2.